The van der Waals surface area contributed by atoms with Gasteiger partial charge in [-0.25, -0.2) is 4.79 Å². The summed E-state index contributed by atoms with van der Waals surface area (Å²) in [4.78, 5) is 15.2. The van der Waals surface area contributed by atoms with Crippen LogP contribution in [0, 0.1) is 0 Å². The fourth-order valence-electron chi connectivity index (χ4n) is 2.53. The number of nitrogens with one attached hydrogen (secondary N) is 1. The van der Waals surface area contributed by atoms with Gasteiger partial charge in [0.25, 0.3) is 0 Å². The molecule has 0 atom stereocenters. The zero-order valence-corrected chi connectivity index (χ0v) is 13.8. The second-order valence-corrected chi connectivity index (χ2v) is 5.97. The highest BCUT2D eigenvalue weighted by molar-refractivity contribution is 6.30. The van der Waals surface area contributed by atoms with Crippen molar-refractivity contribution in [1.29, 1.82) is 0 Å². The van der Waals surface area contributed by atoms with Crippen molar-refractivity contribution < 1.29 is 14.1 Å². The number of aromatic nitrogens is 2. The van der Waals surface area contributed by atoms with Crippen molar-refractivity contribution in [3.05, 3.63) is 77.1 Å². The normalized spacial score (nSPS) is 10.9. The number of ether oxygens (including phenoxy) is 1. The van der Waals surface area contributed by atoms with E-state index in [1.165, 1.54) is 0 Å². The number of aromatic amines is 1. The van der Waals surface area contributed by atoms with Crippen molar-refractivity contribution in [2.75, 3.05) is 0 Å². The Morgan fingerprint density at radius 3 is 2.72 bits per heavy atom. The zero-order chi connectivity index (χ0) is 17.2. The van der Waals surface area contributed by atoms with Gasteiger partial charge >= 0.3 is 5.97 Å². The second-order valence-electron chi connectivity index (χ2n) is 5.54. The lowest BCUT2D eigenvalue weighted by Gasteiger charge is -1.99. The summed E-state index contributed by atoms with van der Waals surface area (Å²) >= 11 is 5.87. The molecule has 0 radical (unpaired) electrons. The number of fused-ring (bicyclic) bond motifs is 1. The Labute approximate surface area is 148 Å². The molecule has 0 saturated carbocycles. The highest BCUT2D eigenvalue weighted by Crippen LogP contribution is 2.23. The lowest BCUT2D eigenvalue weighted by atomic mass is 10.2. The molecule has 6 heteroatoms. The maximum absolute atomic E-state index is 12.2. The van der Waals surface area contributed by atoms with Crippen molar-refractivity contribution in [1.82, 2.24) is 10.1 Å². The first kappa shape index (κ1) is 15.5. The molecular weight excluding hydrogens is 340 g/mol. The van der Waals surface area contributed by atoms with Crippen LogP contribution in [0.4, 0.5) is 0 Å². The summed E-state index contributed by atoms with van der Waals surface area (Å²) < 4.78 is 10.6. The summed E-state index contributed by atoms with van der Waals surface area (Å²) in [7, 11) is 0. The third-order valence-corrected chi connectivity index (χ3v) is 4.04. The lowest BCUT2D eigenvalue weighted by Crippen LogP contribution is -2.05. The quantitative estimate of drug-likeness (QED) is 0.534. The van der Waals surface area contributed by atoms with Crippen LogP contribution in [0.25, 0.3) is 22.2 Å². The summed E-state index contributed by atoms with van der Waals surface area (Å²) in [6.45, 7) is 0.0330. The maximum Gasteiger partial charge on any atom is 0.355 e. The first-order chi connectivity index (χ1) is 12.2. The number of hydrogen-bond acceptors (Lipinski definition) is 4. The molecular formula is C19H13ClN2O3. The van der Waals surface area contributed by atoms with E-state index in [1.54, 1.807) is 24.3 Å². The molecule has 0 aliphatic heterocycles. The summed E-state index contributed by atoms with van der Waals surface area (Å²) in [5.41, 5.74) is 2.68. The van der Waals surface area contributed by atoms with Crippen LogP contribution in [0.3, 0.4) is 0 Å². The van der Waals surface area contributed by atoms with Gasteiger partial charge in [0.1, 0.15) is 18.0 Å². The molecule has 2 aromatic carbocycles. The van der Waals surface area contributed by atoms with E-state index in [0.29, 0.717) is 22.2 Å². The molecule has 0 aliphatic carbocycles. The Balaban J connectivity index is 1.44. The summed E-state index contributed by atoms with van der Waals surface area (Å²) in [6, 6.07) is 18.4. The molecule has 2 aromatic heterocycles. The molecule has 25 heavy (non-hydrogen) atoms. The first-order valence-corrected chi connectivity index (χ1v) is 8.03. The Bertz CT molecular complexity index is 1000. The lowest BCUT2D eigenvalue weighted by molar-refractivity contribution is 0.0458. The molecule has 0 fully saturated rings. The molecule has 124 valence electrons. The average Bonchev–Trinajstić information content (AvgIpc) is 3.27. The van der Waals surface area contributed by atoms with E-state index >= 15 is 0 Å². The third kappa shape index (κ3) is 3.27. The molecule has 0 saturated heterocycles. The zero-order valence-electron chi connectivity index (χ0n) is 13.0. The number of hydrogen-bond donors (Lipinski definition) is 1. The Morgan fingerprint density at radius 2 is 1.92 bits per heavy atom. The Morgan fingerprint density at radius 1 is 1.12 bits per heavy atom. The van der Waals surface area contributed by atoms with Crippen LogP contribution >= 0.6 is 11.6 Å². The van der Waals surface area contributed by atoms with Crippen LogP contribution < -0.4 is 0 Å². The molecule has 5 nitrogen and oxygen atoms in total. The molecule has 0 unspecified atom stereocenters. The van der Waals surface area contributed by atoms with Gasteiger partial charge in [0.2, 0.25) is 0 Å². The highest BCUT2D eigenvalue weighted by Gasteiger charge is 2.13. The first-order valence-electron chi connectivity index (χ1n) is 7.65. The number of H-pyrrole nitrogens is 1. The molecule has 4 rings (SSSR count). The predicted octanol–water partition coefficient (Wildman–Crippen LogP) is 4.83. The van der Waals surface area contributed by atoms with Gasteiger partial charge in [-0.15, -0.1) is 0 Å². The number of benzene rings is 2. The Hall–Kier alpha value is -3.05. The van der Waals surface area contributed by atoms with Crippen LogP contribution in [-0.4, -0.2) is 16.1 Å². The van der Waals surface area contributed by atoms with Gasteiger partial charge in [-0.05, 0) is 36.4 Å². The third-order valence-electron chi connectivity index (χ3n) is 3.79. The minimum Gasteiger partial charge on any atom is -0.454 e. The van der Waals surface area contributed by atoms with Crippen LogP contribution in [0.2, 0.25) is 5.02 Å². The largest absolute Gasteiger partial charge is 0.454 e. The summed E-state index contributed by atoms with van der Waals surface area (Å²) in [6.07, 6.45) is 0. The van der Waals surface area contributed by atoms with Crippen molar-refractivity contribution >= 4 is 28.5 Å². The van der Waals surface area contributed by atoms with Crippen molar-refractivity contribution in [3.63, 3.8) is 0 Å². The van der Waals surface area contributed by atoms with Crippen LogP contribution in [0.1, 0.15) is 16.2 Å². The second kappa shape index (κ2) is 6.45. The fraction of sp³-hybridized carbons (Fsp3) is 0.0526. The number of carbonyl (C=O) groups is 1. The summed E-state index contributed by atoms with van der Waals surface area (Å²) in [5, 5.41) is 5.54. The monoisotopic (exact) mass is 352 g/mol. The molecule has 2 heterocycles. The molecule has 0 spiro atoms. The standard InChI is InChI=1S/C19H13ClN2O3/c20-14-7-5-12(6-8-14)18-10-15(22-25-18)11-24-19(23)17-9-13-3-1-2-4-16(13)21-17/h1-10,21H,11H2. The minimum atomic E-state index is -0.438. The average molecular weight is 353 g/mol. The molecule has 0 aliphatic rings. The van der Waals surface area contributed by atoms with Crippen molar-refractivity contribution in [2.45, 2.75) is 6.61 Å². The van der Waals surface area contributed by atoms with Gasteiger partial charge in [-0.3, -0.25) is 0 Å². The topological polar surface area (TPSA) is 68.1 Å². The van der Waals surface area contributed by atoms with E-state index in [4.69, 9.17) is 20.9 Å². The van der Waals surface area contributed by atoms with E-state index < -0.39 is 5.97 Å². The van der Waals surface area contributed by atoms with Gasteiger partial charge < -0.3 is 14.2 Å². The van der Waals surface area contributed by atoms with E-state index in [9.17, 15) is 4.79 Å². The molecule has 0 amide bonds. The summed E-state index contributed by atoms with van der Waals surface area (Å²) in [5.74, 6) is 0.153. The van der Waals surface area contributed by atoms with Gasteiger partial charge in [0.15, 0.2) is 5.76 Å². The fourth-order valence-corrected chi connectivity index (χ4v) is 2.66. The van der Waals surface area contributed by atoms with E-state index in [-0.39, 0.29) is 6.61 Å². The van der Waals surface area contributed by atoms with Crippen LogP contribution in [0.15, 0.2) is 65.2 Å². The van der Waals surface area contributed by atoms with Crippen molar-refractivity contribution in [2.24, 2.45) is 0 Å². The molecule has 4 aromatic rings. The van der Waals surface area contributed by atoms with Gasteiger partial charge in [0.05, 0.1) is 0 Å². The number of esters is 1. The number of rotatable bonds is 4. The predicted molar refractivity (Wildman–Crippen MR) is 94.4 cm³/mol. The SMILES string of the molecule is O=C(OCc1cc(-c2ccc(Cl)cc2)on1)c1cc2ccccc2[nH]1. The number of carbonyl (C=O) groups excluding carboxylic acids is 1. The molecule has 1 N–H and O–H groups in total. The van der Waals surface area contributed by atoms with Crippen LogP contribution in [0.5, 0.6) is 0 Å². The maximum atomic E-state index is 12.2. The van der Waals surface area contributed by atoms with E-state index in [0.717, 1.165) is 16.5 Å². The van der Waals surface area contributed by atoms with Crippen molar-refractivity contribution in [3.8, 4) is 11.3 Å². The Kier molecular flexibility index (Phi) is 3.99. The van der Waals surface area contributed by atoms with Crippen LogP contribution in [-0.2, 0) is 11.3 Å². The number of halogens is 1. The smallest absolute Gasteiger partial charge is 0.355 e. The minimum absolute atomic E-state index is 0.0330. The van der Waals surface area contributed by atoms with Gasteiger partial charge in [-0.2, -0.15) is 0 Å². The van der Waals surface area contributed by atoms with Gasteiger partial charge in [0, 0.05) is 27.6 Å². The van der Waals surface area contributed by atoms with E-state index in [1.807, 2.05) is 36.4 Å². The molecule has 0 bridgehead atoms. The van der Waals surface area contributed by atoms with E-state index in [2.05, 4.69) is 10.1 Å². The van der Waals surface area contributed by atoms with Gasteiger partial charge in [-0.1, -0.05) is 35.0 Å². The number of nitrogens with zero attached hydrogens (tertiary/aromatic N) is 1. The number of para-hydroxylation sites is 1. The highest BCUT2D eigenvalue weighted by atomic mass is 35.5.